The van der Waals surface area contributed by atoms with Crippen LogP contribution in [0.4, 0.5) is 0 Å². The zero-order valence-electron chi connectivity index (χ0n) is 13.1. The number of nitrogens with one attached hydrogen (secondary N) is 1. The zero-order valence-corrected chi connectivity index (χ0v) is 13.1. The van der Waals surface area contributed by atoms with Crippen LogP contribution < -0.4 is 16.8 Å². The van der Waals surface area contributed by atoms with Gasteiger partial charge in [-0.15, -0.1) is 0 Å². The number of hydrogen-bond acceptors (Lipinski definition) is 4. The van der Waals surface area contributed by atoms with E-state index in [1.54, 1.807) is 0 Å². The lowest BCUT2D eigenvalue weighted by Gasteiger charge is -2.31. The van der Waals surface area contributed by atoms with Gasteiger partial charge >= 0.3 is 0 Å². The van der Waals surface area contributed by atoms with Crippen LogP contribution in [-0.2, 0) is 4.74 Å². The second-order valence-electron chi connectivity index (χ2n) is 6.60. The minimum absolute atomic E-state index is 0.183. The molecule has 1 rings (SSSR count). The van der Waals surface area contributed by atoms with Gasteiger partial charge in [0.25, 0.3) is 0 Å². The first kappa shape index (κ1) is 16.9. The summed E-state index contributed by atoms with van der Waals surface area (Å²) in [6, 6.07) is 1.01. The summed E-state index contributed by atoms with van der Waals surface area (Å²) in [6.07, 6.45) is 3.11. The summed E-state index contributed by atoms with van der Waals surface area (Å²) < 4.78 is 5.75. The average molecular weight is 271 g/mol. The molecule has 0 spiro atoms. The van der Waals surface area contributed by atoms with Gasteiger partial charge in [-0.25, -0.2) is 0 Å². The number of ether oxygens (including phenoxy) is 1. The first-order valence-corrected chi connectivity index (χ1v) is 7.76. The molecule has 3 unspecified atom stereocenters. The molecule has 1 heterocycles. The van der Waals surface area contributed by atoms with Gasteiger partial charge in [0.05, 0.1) is 6.10 Å². The van der Waals surface area contributed by atoms with E-state index in [9.17, 15) is 0 Å². The van der Waals surface area contributed by atoms with Crippen LogP contribution in [0.2, 0.25) is 0 Å². The molecule has 0 aromatic rings. The summed E-state index contributed by atoms with van der Waals surface area (Å²) in [5.74, 6) is 1.12. The monoisotopic (exact) mass is 271 g/mol. The first-order valence-electron chi connectivity index (χ1n) is 7.76. The third-order valence-electron chi connectivity index (χ3n) is 4.44. The van der Waals surface area contributed by atoms with Gasteiger partial charge < -0.3 is 21.5 Å². The second-order valence-corrected chi connectivity index (χ2v) is 6.60. The average Bonchev–Trinajstić information content (AvgIpc) is 2.35. The Morgan fingerprint density at radius 2 is 1.95 bits per heavy atom. The molecule has 5 N–H and O–H groups in total. The Morgan fingerprint density at radius 1 is 1.26 bits per heavy atom. The topological polar surface area (TPSA) is 73.3 Å². The fraction of sp³-hybridized carbons (Fsp3) is 1.00. The van der Waals surface area contributed by atoms with E-state index < -0.39 is 0 Å². The van der Waals surface area contributed by atoms with Gasteiger partial charge in [0.15, 0.2) is 0 Å². The van der Waals surface area contributed by atoms with Gasteiger partial charge in [-0.2, -0.15) is 0 Å². The third-order valence-corrected chi connectivity index (χ3v) is 4.44. The normalized spacial score (nSPS) is 29.2. The number of rotatable bonds is 7. The molecule has 0 aromatic carbocycles. The maximum absolute atomic E-state index is 6.30. The fourth-order valence-electron chi connectivity index (χ4n) is 2.37. The summed E-state index contributed by atoms with van der Waals surface area (Å²) in [4.78, 5) is 0. The van der Waals surface area contributed by atoms with Crippen molar-refractivity contribution >= 4 is 0 Å². The molecule has 0 radical (unpaired) electrons. The molecular formula is C15H33N3O. The van der Waals surface area contributed by atoms with Crippen molar-refractivity contribution in [3.05, 3.63) is 0 Å². The van der Waals surface area contributed by atoms with E-state index in [4.69, 9.17) is 16.2 Å². The molecule has 4 nitrogen and oxygen atoms in total. The molecule has 0 aliphatic carbocycles. The molecular weight excluding hydrogens is 238 g/mol. The summed E-state index contributed by atoms with van der Waals surface area (Å²) >= 11 is 0. The van der Waals surface area contributed by atoms with Crippen LogP contribution in [0, 0.1) is 11.8 Å². The summed E-state index contributed by atoms with van der Waals surface area (Å²) in [5.41, 5.74) is 12.3. The van der Waals surface area contributed by atoms with E-state index in [1.807, 2.05) is 0 Å². The molecule has 1 fully saturated rings. The van der Waals surface area contributed by atoms with Crippen LogP contribution in [-0.4, -0.2) is 37.4 Å². The molecule has 5 atom stereocenters. The van der Waals surface area contributed by atoms with Crippen LogP contribution in [0.25, 0.3) is 0 Å². The quantitative estimate of drug-likeness (QED) is 0.656. The molecule has 1 aliphatic heterocycles. The Bertz CT molecular complexity index is 248. The van der Waals surface area contributed by atoms with E-state index in [-0.39, 0.29) is 12.1 Å². The maximum Gasteiger partial charge on any atom is 0.0604 e. The van der Waals surface area contributed by atoms with Gasteiger partial charge in [-0.05, 0) is 44.6 Å². The SMILES string of the molecule is CC(CN[C@H](C)C(C)C)[C@@H](N)CC1CC(N)CCO1. The number of hydrogen-bond donors (Lipinski definition) is 3. The number of nitrogens with two attached hydrogens (primary N) is 2. The fourth-order valence-corrected chi connectivity index (χ4v) is 2.37. The minimum Gasteiger partial charge on any atom is -0.378 e. The molecule has 0 aromatic heterocycles. The Balaban J connectivity index is 2.25. The Morgan fingerprint density at radius 3 is 2.53 bits per heavy atom. The summed E-state index contributed by atoms with van der Waals surface area (Å²) in [7, 11) is 0. The molecule has 1 aliphatic rings. The molecule has 0 amide bonds. The highest BCUT2D eigenvalue weighted by molar-refractivity contribution is 4.81. The Kier molecular flexibility index (Phi) is 7.29. The van der Waals surface area contributed by atoms with Gasteiger partial charge in [0.1, 0.15) is 0 Å². The highest BCUT2D eigenvalue weighted by atomic mass is 16.5. The van der Waals surface area contributed by atoms with Crippen molar-refractivity contribution in [2.24, 2.45) is 23.3 Å². The van der Waals surface area contributed by atoms with Gasteiger partial charge in [-0.1, -0.05) is 20.8 Å². The highest BCUT2D eigenvalue weighted by Gasteiger charge is 2.24. The van der Waals surface area contributed by atoms with E-state index in [0.29, 0.717) is 23.9 Å². The van der Waals surface area contributed by atoms with Crippen LogP contribution in [0.15, 0.2) is 0 Å². The smallest absolute Gasteiger partial charge is 0.0604 e. The first-order chi connectivity index (χ1) is 8.90. The van der Waals surface area contributed by atoms with Crippen molar-refractivity contribution in [3.8, 4) is 0 Å². The predicted molar refractivity (Wildman–Crippen MR) is 81.0 cm³/mol. The van der Waals surface area contributed by atoms with Crippen molar-refractivity contribution in [3.63, 3.8) is 0 Å². The van der Waals surface area contributed by atoms with Crippen molar-refractivity contribution in [2.45, 2.75) is 71.2 Å². The molecule has 0 bridgehead atoms. The Labute approximate surface area is 118 Å². The van der Waals surface area contributed by atoms with Gasteiger partial charge in [0, 0.05) is 24.7 Å². The zero-order chi connectivity index (χ0) is 14.4. The predicted octanol–water partition coefficient (Wildman–Crippen LogP) is 1.48. The van der Waals surface area contributed by atoms with E-state index in [0.717, 1.165) is 32.4 Å². The lowest BCUT2D eigenvalue weighted by Crippen LogP contribution is -2.44. The van der Waals surface area contributed by atoms with Crippen LogP contribution in [0.5, 0.6) is 0 Å². The van der Waals surface area contributed by atoms with E-state index in [1.165, 1.54) is 0 Å². The minimum atomic E-state index is 0.183. The van der Waals surface area contributed by atoms with Gasteiger partial charge in [-0.3, -0.25) is 0 Å². The standard InChI is InChI=1S/C15H33N3O/c1-10(2)12(4)18-9-11(3)15(17)8-14-7-13(16)5-6-19-14/h10-15,18H,5-9,16-17H2,1-4H3/t11?,12-,13?,14?,15+/m1/s1. The lowest BCUT2D eigenvalue weighted by atomic mass is 9.92. The van der Waals surface area contributed by atoms with Crippen molar-refractivity contribution in [2.75, 3.05) is 13.2 Å². The second kappa shape index (κ2) is 8.20. The maximum atomic E-state index is 6.30. The molecule has 114 valence electrons. The molecule has 4 heteroatoms. The van der Waals surface area contributed by atoms with E-state index in [2.05, 4.69) is 33.0 Å². The van der Waals surface area contributed by atoms with Crippen LogP contribution in [0.1, 0.15) is 47.0 Å². The van der Waals surface area contributed by atoms with Crippen molar-refractivity contribution in [1.29, 1.82) is 0 Å². The molecule has 0 saturated carbocycles. The van der Waals surface area contributed by atoms with Crippen LogP contribution >= 0.6 is 0 Å². The third kappa shape index (κ3) is 6.21. The van der Waals surface area contributed by atoms with Crippen LogP contribution in [0.3, 0.4) is 0 Å². The largest absolute Gasteiger partial charge is 0.378 e. The Hall–Kier alpha value is -0.160. The summed E-state index contributed by atoms with van der Waals surface area (Å²) in [5, 5.41) is 3.56. The molecule has 19 heavy (non-hydrogen) atoms. The summed E-state index contributed by atoms with van der Waals surface area (Å²) in [6.45, 7) is 10.7. The van der Waals surface area contributed by atoms with Gasteiger partial charge in [0.2, 0.25) is 0 Å². The van der Waals surface area contributed by atoms with Crippen molar-refractivity contribution in [1.82, 2.24) is 5.32 Å². The van der Waals surface area contributed by atoms with E-state index >= 15 is 0 Å². The lowest BCUT2D eigenvalue weighted by molar-refractivity contribution is -0.00310. The van der Waals surface area contributed by atoms with Crippen molar-refractivity contribution < 1.29 is 4.74 Å². The highest BCUT2D eigenvalue weighted by Crippen LogP contribution is 2.18. The molecule has 1 saturated heterocycles.